The van der Waals surface area contributed by atoms with Crippen LogP contribution in [0, 0.1) is 0 Å². The molecule has 4 aromatic heterocycles. The Morgan fingerprint density at radius 3 is 3.08 bits per heavy atom. The second-order valence-corrected chi connectivity index (χ2v) is 7.33. The Morgan fingerprint density at radius 1 is 1.20 bits per heavy atom. The molecule has 5 rings (SSSR count). The predicted octanol–water partition coefficient (Wildman–Crippen LogP) is 3.90. The molecule has 0 N–H and O–H groups in total. The van der Waals surface area contributed by atoms with Gasteiger partial charge < -0.3 is 4.42 Å². The molecule has 5 heterocycles. The molecule has 5 nitrogen and oxygen atoms in total. The van der Waals surface area contributed by atoms with E-state index in [-0.39, 0.29) is 0 Å². The first-order valence-electron chi connectivity index (χ1n) is 8.29. The fraction of sp³-hybridized carbons (Fsp3) is 0.211. The van der Waals surface area contributed by atoms with E-state index in [0.29, 0.717) is 5.82 Å². The van der Waals surface area contributed by atoms with E-state index in [4.69, 9.17) is 9.40 Å². The maximum Gasteiger partial charge on any atom is 0.195 e. The molecule has 0 saturated carbocycles. The van der Waals surface area contributed by atoms with Gasteiger partial charge in [0.15, 0.2) is 11.6 Å². The number of thiophene rings is 1. The summed E-state index contributed by atoms with van der Waals surface area (Å²) in [6.45, 7) is 2.83. The Balaban J connectivity index is 1.35. The van der Waals surface area contributed by atoms with Crippen LogP contribution in [-0.4, -0.2) is 26.4 Å². The van der Waals surface area contributed by atoms with Gasteiger partial charge in [-0.3, -0.25) is 4.90 Å². The van der Waals surface area contributed by atoms with Gasteiger partial charge in [0, 0.05) is 54.3 Å². The van der Waals surface area contributed by atoms with Gasteiger partial charge in [-0.1, -0.05) is 6.07 Å². The lowest BCUT2D eigenvalue weighted by Crippen LogP contribution is -2.30. The quantitative estimate of drug-likeness (QED) is 0.562. The minimum atomic E-state index is 0.674. The van der Waals surface area contributed by atoms with E-state index in [9.17, 15) is 0 Å². The third kappa shape index (κ3) is 2.83. The van der Waals surface area contributed by atoms with Crippen LogP contribution in [0.2, 0.25) is 0 Å². The van der Waals surface area contributed by atoms with Crippen molar-refractivity contribution < 1.29 is 4.42 Å². The van der Waals surface area contributed by atoms with E-state index < -0.39 is 0 Å². The van der Waals surface area contributed by atoms with Gasteiger partial charge in [-0.2, -0.15) is 0 Å². The third-order valence-electron chi connectivity index (χ3n) is 4.48. The summed E-state index contributed by atoms with van der Waals surface area (Å²) in [6, 6.07) is 10.1. The number of furan rings is 1. The van der Waals surface area contributed by atoms with E-state index in [1.807, 2.05) is 30.6 Å². The maximum atomic E-state index is 5.40. The lowest BCUT2D eigenvalue weighted by Gasteiger charge is -2.27. The smallest absolute Gasteiger partial charge is 0.195 e. The topological polar surface area (TPSA) is 55.1 Å². The van der Waals surface area contributed by atoms with Crippen molar-refractivity contribution in [1.29, 1.82) is 0 Å². The normalized spacial score (nSPS) is 14.7. The van der Waals surface area contributed by atoms with Crippen LogP contribution in [0.15, 0.2) is 53.4 Å². The number of nitrogens with zero attached hydrogens (tertiary/aromatic N) is 4. The highest BCUT2D eigenvalue weighted by Gasteiger charge is 2.20. The lowest BCUT2D eigenvalue weighted by atomic mass is 10.1. The number of hydrogen-bond donors (Lipinski definition) is 0. The summed E-state index contributed by atoms with van der Waals surface area (Å²) in [5.74, 6) is 1.40. The highest BCUT2D eigenvalue weighted by Crippen LogP contribution is 2.27. The van der Waals surface area contributed by atoms with E-state index in [2.05, 4.69) is 27.0 Å². The molecule has 1 aliphatic rings. The third-order valence-corrected chi connectivity index (χ3v) is 5.52. The molecular formula is C19H16N4OS. The minimum absolute atomic E-state index is 0.674. The zero-order chi connectivity index (χ0) is 16.6. The number of pyridine rings is 1. The van der Waals surface area contributed by atoms with Crippen LogP contribution < -0.4 is 0 Å². The molecule has 0 bridgehead atoms. The molecule has 0 radical (unpaired) electrons. The van der Waals surface area contributed by atoms with Crippen molar-refractivity contribution in [3.63, 3.8) is 0 Å². The van der Waals surface area contributed by atoms with Gasteiger partial charge in [-0.25, -0.2) is 15.0 Å². The molecule has 124 valence electrons. The Hall–Kier alpha value is -2.57. The largest absolute Gasteiger partial charge is 0.461 e. The van der Waals surface area contributed by atoms with Crippen molar-refractivity contribution in [3.05, 3.63) is 65.1 Å². The van der Waals surface area contributed by atoms with Gasteiger partial charge in [0.05, 0.1) is 12.0 Å². The van der Waals surface area contributed by atoms with Crippen molar-refractivity contribution in [3.8, 4) is 11.6 Å². The van der Waals surface area contributed by atoms with Gasteiger partial charge in [-0.05, 0) is 24.3 Å². The van der Waals surface area contributed by atoms with Crippen LogP contribution in [0.4, 0.5) is 0 Å². The molecule has 0 aliphatic carbocycles. The molecule has 0 unspecified atom stereocenters. The number of aromatic nitrogens is 3. The van der Waals surface area contributed by atoms with Crippen LogP contribution in [0.25, 0.3) is 21.8 Å². The molecule has 0 atom stereocenters. The Bertz CT molecular complexity index is 992. The van der Waals surface area contributed by atoms with Crippen molar-refractivity contribution in [2.24, 2.45) is 0 Å². The summed E-state index contributed by atoms with van der Waals surface area (Å²) in [4.78, 5) is 18.5. The van der Waals surface area contributed by atoms with Gasteiger partial charge >= 0.3 is 0 Å². The Kier molecular flexibility index (Phi) is 3.57. The molecule has 0 amide bonds. The van der Waals surface area contributed by atoms with Gasteiger partial charge in [-0.15, -0.1) is 11.3 Å². The first-order chi connectivity index (χ1) is 12.3. The SMILES string of the molecule is c1coc(-c2ncc3c(n2)CCN(Cc2cc4cccnc4s2)C3)c1. The highest BCUT2D eigenvalue weighted by atomic mass is 32.1. The Labute approximate surface area is 149 Å². The van der Waals surface area contributed by atoms with Gasteiger partial charge in [0.1, 0.15) is 4.83 Å². The van der Waals surface area contributed by atoms with E-state index in [1.54, 1.807) is 17.6 Å². The first kappa shape index (κ1) is 14.7. The fourth-order valence-corrected chi connectivity index (χ4v) is 4.30. The van der Waals surface area contributed by atoms with Crippen LogP contribution in [0.3, 0.4) is 0 Å². The maximum absolute atomic E-state index is 5.40. The van der Waals surface area contributed by atoms with Crippen molar-refractivity contribution >= 4 is 21.6 Å². The summed E-state index contributed by atoms with van der Waals surface area (Å²) >= 11 is 1.78. The van der Waals surface area contributed by atoms with Crippen molar-refractivity contribution in [1.82, 2.24) is 19.9 Å². The van der Waals surface area contributed by atoms with E-state index >= 15 is 0 Å². The predicted molar refractivity (Wildman–Crippen MR) is 97.2 cm³/mol. The van der Waals surface area contributed by atoms with Gasteiger partial charge in [0.25, 0.3) is 0 Å². The molecule has 4 aromatic rings. The number of hydrogen-bond acceptors (Lipinski definition) is 6. The van der Waals surface area contributed by atoms with Crippen molar-refractivity contribution in [2.75, 3.05) is 6.54 Å². The average molecular weight is 348 g/mol. The minimum Gasteiger partial charge on any atom is -0.461 e. The zero-order valence-corrected chi connectivity index (χ0v) is 14.4. The Morgan fingerprint density at radius 2 is 2.20 bits per heavy atom. The van der Waals surface area contributed by atoms with Crippen LogP contribution in [-0.2, 0) is 19.5 Å². The second-order valence-electron chi connectivity index (χ2n) is 6.21. The number of fused-ring (bicyclic) bond motifs is 2. The van der Waals surface area contributed by atoms with Gasteiger partial charge in [0.2, 0.25) is 0 Å². The molecule has 1 aliphatic heterocycles. The average Bonchev–Trinajstić information content (AvgIpc) is 3.30. The molecule has 0 saturated heterocycles. The van der Waals surface area contributed by atoms with E-state index in [0.717, 1.165) is 42.3 Å². The summed E-state index contributed by atoms with van der Waals surface area (Å²) in [6.07, 6.45) is 6.39. The highest BCUT2D eigenvalue weighted by molar-refractivity contribution is 7.18. The fourth-order valence-electron chi connectivity index (χ4n) is 3.26. The summed E-state index contributed by atoms with van der Waals surface area (Å²) in [5.41, 5.74) is 2.34. The van der Waals surface area contributed by atoms with E-state index in [1.165, 1.54) is 15.8 Å². The molecule has 0 aromatic carbocycles. The number of rotatable bonds is 3. The standard InChI is InChI=1S/C19H16N4OS/c1-3-13-9-15(25-19(13)20-6-1)12-23-7-5-16-14(11-23)10-21-18(22-16)17-4-2-8-24-17/h1-4,6,8-10H,5,7,11-12H2. The second kappa shape index (κ2) is 6.06. The zero-order valence-electron chi connectivity index (χ0n) is 13.6. The molecule has 0 fully saturated rings. The first-order valence-corrected chi connectivity index (χ1v) is 9.11. The van der Waals surface area contributed by atoms with Crippen LogP contribution in [0.1, 0.15) is 16.1 Å². The van der Waals surface area contributed by atoms with Crippen LogP contribution >= 0.6 is 11.3 Å². The molecular weight excluding hydrogens is 332 g/mol. The molecule has 0 spiro atoms. The summed E-state index contributed by atoms with van der Waals surface area (Å²) < 4.78 is 5.40. The van der Waals surface area contributed by atoms with Crippen molar-refractivity contribution in [2.45, 2.75) is 19.5 Å². The lowest BCUT2D eigenvalue weighted by molar-refractivity contribution is 0.245. The summed E-state index contributed by atoms with van der Waals surface area (Å²) in [7, 11) is 0. The molecule has 25 heavy (non-hydrogen) atoms. The molecule has 6 heteroatoms. The summed E-state index contributed by atoms with van der Waals surface area (Å²) in [5, 5.41) is 1.23. The van der Waals surface area contributed by atoms with Crippen LogP contribution in [0.5, 0.6) is 0 Å². The monoisotopic (exact) mass is 348 g/mol.